The molecule has 6 rings (SSSR count). The summed E-state index contributed by atoms with van der Waals surface area (Å²) in [6.07, 6.45) is 5.03. The molecule has 0 bridgehead atoms. The summed E-state index contributed by atoms with van der Waals surface area (Å²) in [6, 6.07) is 31.8. The first-order valence-electron chi connectivity index (χ1n) is 15.9. The number of hydrogen-bond donors (Lipinski definition) is 1. The zero-order valence-corrected chi connectivity index (χ0v) is 28.5. The molecule has 0 aliphatic carbocycles. The van der Waals surface area contributed by atoms with Crippen molar-refractivity contribution in [3.05, 3.63) is 120 Å². The average Bonchev–Trinajstić information content (AvgIpc) is 3.62. The summed E-state index contributed by atoms with van der Waals surface area (Å²) in [7, 11) is -4.39. The summed E-state index contributed by atoms with van der Waals surface area (Å²) in [5, 5.41) is 0. The molecule has 2 heterocycles. The van der Waals surface area contributed by atoms with Gasteiger partial charge in [0.05, 0.1) is 28.5 Å². The molecule has 0 radical (unpaired) electrons. The van der Waals surface area contributed by atoms with Crippen molar-refractivity contribution in [2.75, 3.05) is 23.8 Å². The quantitative estimate of drug-likeness (QED) is 0.0559. The molecule has 12 heteroatoms. The van der Waals surface area contributed by atoms with Gasteiger partial charge in [0.25, 0.3) is 5.52 Å². The van der Waals surface area contributed by atoms with Gasteiger partial charge in [-0.05, 0) is 58.9 Å². The predicted octanol–water partition coefficient (Wildman–Crippen LogP) is 7.07. The van der Waals surface area contributed by atoms with Gasteiger partial charge in [0.1, 0.15) is 0 Å². The van der Waals surface area contributed by atoms with Crippen LogP contribution in [0.1, 0.15) is 32.1 Å². The largest absolute Gasteiger partial charge is 0.748 e. The van der Waals surface area contributed by atoms with E-state index < -0.39 is 27.2 Å². The number of oxazole rings is 1. The molecular weight excluding hydrogens is 665 g/mol. The number of hydrogen-bond acceptors (Lipinski definition) is 8. The molecule has 1 unspecified atom stereocenters. The highest BCUT2D eigenvalue weighted by Crippen LogP contribution is 2.42. The maximum atomic E-state index is 11.5. The maximum absolute atomic E-state index is 11.5. The van der Waals surface area contributed by atoms with Gasteiger partial charge in [0.15, 0.2) is 12.3 Å². The lowest BCUT2D eigenvalue weighted by Gasteiger charge is -2.19. The van der Waals surface area contributed by atoms with Crippen LogP contribution >= 0.6 is 0 Å². The standard InChI is InChI=1S/C37H36N2O8S2/c1-2-27(23-36-38(19-9-21-45-48(40)41)32-25-30(15-17-34(32)46-36)28-11-5-3-6-12-28)24-37-39(20-10-22-49(42,43)44)33-26-31(16-18-35(33)47-37)29-13-7-4-8-14-29/h3-8,11-18,23-26H,2,9-10,19-22H2,1H3,(H-,40,41,42,43,44). The van der Waals surface area contributed by atoms with Crippen LogP contribution in [0.4, 0.5) is 5.69 Å². The molecule has 49 heavy (non-hydrogen) atoms. The molecule has 4 aromatic carbocycles. The molecule has 0 saturated heterocycles. The number of ether oxygens (including phenoxy) is 1. The molecule has 0 amide bonds. The second kappa shape index (κ2) is 15.3. The molecule has 0 saturated carbocycles. The topological polar surface area (TPSA) is 133 Å². The van der Waals surface area contributed by atoms with E-state index in [0.29, 0.717) is 42.5 Å². The van der Waals surface area contributed by atoms with Crippen LogP contribution in [0.25, 0.3) is 39.4 Å². The molecule has 1 aliphatic rings. The summed E-state index contributed by atoms with van der Waals surface area (Å²) >= 11 is -2.35. The maximum Gasteiger partial charge on any atom is 0.374 e. The number of allylic oxidation sites excluding steroid dienone is 2. The molecule has 10 nitrogen and oxygen atoms in total. The van der Waals surface area contributed by atoms with E-state index in [4.69, 9.17) is 17.9 Å². The molecule has 1 N–H and O–H groups in total. The van der Waals surface area contributed by atoms with E-state index in [1.54, 1.807) is 0 Å². The van der Waals surface area contributed by atoms with Crippen molar-refractivity contribution in [1.82, 2.24) is 0 Å². The number of rotatable bonds is 14. The predicted molar refractivity (Wildman–Crippen MR) is 189 cm³/mol. The van der Waals surface area contributed by atoms with Gasteiger partial charge in [-0.25, -0.2) is 8.42 Å². The van der Waals surface area contributed by atoms with Crippen LogP contribution in [0.2, 0.25) is 0 Å². The number of aryl methyl sites for hydroxylation is 1. The minimum Gasteiger partial charge on any atom is -0.748 e. The van der Waals surface area contributed by atoms with Crippen LogP contribution in [-0.2, 0) is 32.2 Å². The van der Waals surface area contributed by atoms with Gasteiger partial charge in [0.2, 0.25) is 11.5 Å². The molecule has 254 valence electrons. The van der Waals surface area contributed by atoms with Crippen molar-refractivity contribution in [1.29, 1.82) is 0 Å². The Morgan fingerprint density at radius 2 is 1.61 bits per heavy atom. The third kappa shape index (κ3) is 8.53. The Kier molecular flexibility index (Phi) is 10.7. The third-order valence-electron chi connectivity index (χ3n) is 8.19. The van der Waals surface area contributed by atoms with Crippen molar-refractivity contribution < 1.29 is 39.6 Å². The molecule has 0 spiro atoms. The van der Waals surface area contributed by atoms with Gasteiger partial charge in [-0.3, -0.25) is 8.74 Å². The van der Waals surface area contributed by atoms with E-state index >= 15 is 0 Å². The van der Waals surface area contributed by atoms with Crippen molar-refractivity contribution in [3.63, 3.8) is 0 Å². The van der Waals surface area contributed by atoms with Crippen LogP contribution in [0.3, 0.4) is 0 Å². The van der Waals surface area contributed by atoms with E-state index in [1.165, 1.54) is 0 Å². The minimum absolute atomic E-state index is 0.0834. The summed E-state index contributed by atoms with van der Waals surface area (Å²) < 4.78 is 74.0. The Balaban J connectivity index is 1.37. The fourth-order valence-corrected chi connectivity index (χ4v) is 6.56. The minimum atomic E-state index is -4.39. The molecule has 1 aliphatic heterocycles. The fraction of sp³-hybridized carbons (Fsp3) is 0.216. The Hall–Kier alpha value is -4.59. The summed E-state index contributed by atoms with van der Waals surface area (Å²) in [6.45, 7) is 2.81. The van der Waals surface area contributed by atoms with Crippen molar-refractivity contribution in [3.8, 4) is 28.0 Å². The van der Waals surface area contributed by atoms with Gasteiger partial charge in [-0.15, -0.1) is 0 Å². The van der Waals surface area contributed by atoms with Crippen LogP contribution in [0, 0.1) is 0 Å². The Morgan fingerprint density at radius 3 is 2.27 bits per heavy atom. The zero-order valence-electron chi connectivity index (χ0n) is 26.9. The lowest BCUT2D eigenvalue weighted by Crippen LogP contribution is -2.36. The molecule has 0 fully saturated rings. The molecule has 5 aromatic rings. The SMILES string of the molecule is CCC(=Cc1oc2ccc(-c3ccccc3)cc2[n+]1CCCS(=O)(=O)[O-])C=C1Oc2ccc(-c3ccccc3)cc2N1CCCOS(=O)O. The van der Waals surface area contributed by atoms with Crippen LogP contribution in [0.15, 0.2) is 119 Å². The number of benzene rings is 4. The highest BCUT2D eigenvalue weighted by molar-refractivity contribution is 7.85. The van der Waals surface area contributed by atoms with E-state index in [-0.39, 0.29) is 19.6 Å². The van der Waals surface area contributed by atoms with Crippen molar-refractivity contribution in [2.45, 2.75) is 32.7 Å². The summed E-state index contributed by atoms with van der Waals surface area (Å²) in [5.41, 5.74) is 7.22. The lowest BCUT2D eigenvalue weighted by molar-refractivity contribution is -0.677. The van der Waals surface area contributed by atoms with E-state index in [2.05, 4.69) is 6.07 Å². The monoisotopic (exact) mass is 700 g/mol. The van der Waals surface area contributed by atoms with Gasteiger partial charge in [0, 0.05) is 30.9 Å². The molecule has 1 atom stereocenters. The number of nitrogens with zero attached hydrogens (tertiary/aromatic N) is 2. The smallest absolute Gasteiger partial charge is 0.374 e. The number of aromatic nitrogens is 1. The van der Waals surface area contributed by atoms with Crippen LogP contribution < -0.4 is 14.2 Å². The van der Waals surface area contributed by atoms with E-state index in [1.807, 2.05) is 120 Å². The number of fused-ring (bicyclic) bond motifs is 2. The van der Waals surface area contributed by atoms with E-state index in [0.717, 1.165) is 39.0 Å². The summed E-state index contributed by atoms with van der Waals surface area (Å²) in [4.78, 5) is 2.02. The highest BCUT2D eigenvalue weighted by Gasteiger charge is 2.28. The van der Waals surface area contributed by atoms with E-state index in [9.17, 15) is 17.2 Å². The normalized spacial score (nSPS) is 14.7. The average molecular weight is 701 g/mol. The molecule has 1 aromatic heterocycles. The second-order valence-electron chi connectivity index (χ2n) is 11.5. The zero-order chi connectivity index (χ0) is 34.4. The lowest BCUT2D eigenvalue weighted by atomic mass is 10.0. The summed E-state index contributed by atoms with van der Waals surface area (Å²) in [5.74, 6) is 1.27. The van der Waals surface area contributed by atoms with Gasteiger partial charge in [-0.2, -0.15) is 8.78 Å². The highest BCUT2D eigenvalue weighted by atomic mass is 32.2. The van der Waals surface area contributed by atoms with Crippen LogP contribution in [-0.4, -0.2) is 40.6 Å². The fourth-order valence-electron chi connectivity index (χ4n) is 5.81. The van der Waals surface area contributed by atoms with Gasteiger partial charge >= 0.3 is 17.3 Å². The third-order valence-corrected chi connectivity index (χ3v) is 9.34. The van der Waals surface area contributed by atoms with Crippen LogP contribution in [0.5, 0.6) is 5.75 Å². The molecular formula is C37H36N2O8S2. The first kappa shape index (κ1) is 34.3. The van der Waals surface area contributed by atoms with Gasteiger partial charge in [-0.1, -0.05) is 79.7 Å². The number of anilines is 1. The second-order valence-corrected chi connectivity index (χ2v) is 13.7. The first-order valence-corrected chi connectivity index (χ1v) is 18.6. The van der Waals surface area contributed by atoms with Crippen molar-refractivity contribution in [2.24, 2.45) is 0 Å². The Bertz CT molecular complexity index is 2130. The van der Waals surface area contributed by atoms with Crippen molar-refractivity contribution >= 4 is 44.3 Å². The first-order chi connectivity index (χ1) is 23.7. The Labute approximate surface area is 288 Å². The van der Waals surface area contributed by atoms with Gasteiger partial charge < -0.3 is 18.6 Å². The Morgan fingerprint density at radius 1 is 0.939 bits per heavy atom.